The molecule has 1 aliphatic heterocycles. The predicted molar refractivity (Wildman–Crippen MR) is 61.3 cm³/mol. The van der Waals surface area contributed by atoms with Crippen LogP contribution in [0, 0.1) is 5.92 Å². The molecule has 0 spiro atoms. The Morgan fingerprint density at radius 1 is 1.44 bits per heavy atom. The normalized spacial score (nSPS) is 19.3. The van der Waals surface area contributed by atoms with E-state index in [4.69, 9.17) is 16.3 Å². The second-order valence-electron chi connectivity index (χ2n) is 3.97. The van der Waals surface area contributed by atoms with E-state index in [2.05, 4.69) is 0 Å². The van der Waals surface area contributed by atoms with Gasteiger partial charge in [0, 0.05) is 13.1 Å². The standard InChI is InChI=1S/C11H18ClNO3/c1-3-16-11(15)9-4-6-13(7-5-9)10(14)8(2)12/h8-9H,3-7H2,1-2H3/t8-/m1/s1. The Hall–Kier alpha value is -0.770. The summed E-state index contributed by atoms with van der Waals surface area (Å²) in [7, 11) is 0. The summed E-state index contributed by atoms with van der Waals surface area (Å²) in [4.78, 5) is 24.8. The van der Waals surface area contributed by atoms with Crippen molar-refractivity contribution in [3.8, 4) is 0 Å². The van der Waals surface area contributed by atoms with Gasteiger partial charge in [-0.1, -0.05) is 0 Å². The molecule has 1 aliphatic rings. The minimum atomic E-state index is -0.487. The smallest absolute Gasteiger partial charge is 0.309 e. The second kappa shape index (κ2) is 6.09. The van der Waals surface area contributed by atoms with E-state index in [0.29, 0.717) is 32.5 Å². The van der Waals surface area contributed by atoms with Crippen LogP contribution in [-0.2, 0) is 14.3 Å². The van der Waals surface area contributed by atoms with Crippen molar-refractivity contribution < 1.29 is 14.3 Å². The molecule has 0 saturated carbocycles. The number of carbonyl (C=O) groups is 2. The van der Waals surface area contributed by atoms with Gasteiger partial charge in [-0.05, 0) is 26.7 Å². The average molecular weight is 248 g/mol. The summed E-state index contributed by atoms with van der Waals surface area (Å²) in [5.74, 6) is -0.257. The summed E-state index contributed by atoms with van der Waals surface area (Å²) in [5, 5.41) is -0.487. The maximum Gasteiger partial charge on any atom is 0.309 e. The molecule has 0 N–H and O–H groups in total. The number of hydrogen-bond donors (Lipinski definition) is 0. The third-order valence-electron chi connectivity index (χ3n) is 2.77. The second-order valence-corrected chi connectivity index (χ2v) is 4.62. The third kappa shape index (κ3) is 3.37. The third-order valence-corrected chi connectivity index (χ3v) is 2.95. The fourth-order valence-corrected chi connectivity index (χ4v) is 1.99. The first-order valence-electron chi connectivity index (χ1n) is 5.65. The van der Waals surface area contributed by atoms with Crippen molar-refractivity contribution in [3.63, 3.8) is 0 Å². The summed E-state index contributed by atoms with van der Waals surface area (Å²) in [6.07, 6.45) is 1.35. The number of nitrogens with zero attached hydrogens (tertiary/aromatic N) is 1. The molecule has 1 heterocycles. The number of carbonyl (C=O) groups excluding carboxylic acids is 2. The van der Waals surface area contributed by atoms with Crippen LogP contribution in [0.3, 0.4) is 0 Å². The number of alkyl halides is 1. The van der Waals surface area contributed by atoms with Crippen LogP contribution in [0.2, 0.25) is 0 Å². The molecule has 92 valence electrons. The Labute approximate surface area is 101 Å². The number of piperidine rings is 1. The quantitative estimate of drug-likeness (QED) is 0.560. The molecule has 1 saturated heterocycles. The number of likely N-dealkylation sites (tertiary alicyclic amines) is 1. The van der Waals surface area contributed by atoms with Gasteiger partial charge in [0.2, 0.25) is 5.91 Å². The molecule has 0 radical (unpaired) electrons. The maximum atomic E-state index is 11.6. The fraction of sp³-hybridized carbons (Fsp3) is 0.818. The van der Waals surface area contributed by atoms with Crippen LogP contribution in [0.4, 0.5) is 0 Å². The van der Waals surface area contributed by atoms with Crippen LogP contribution in [0.15, 0.2) is 0 Å². The van der Waals surface area contributed by atoms with Crippen LogP contribution < -0.4 is 0 Å². The van der Waals surface area contributed by atoms with E-state index in [-0.39, 0.29) is 17.8 Å². The van der Waals surface area contributed by atoms with Crippen molar-refractivity contribution >= 4 is 23.5 Å². The minimum Gasteiger partial charge on any atom is -0.466 e. The fourth-order valence-electron chi connectivity index (χ4n) is 1.85. The van der Waals surface area contributed by atoms with E-state index < -0.39 is 5.38 Å². The van der Waals surface area contributed by atoms with Gasteiger partial charge in [-0.15, -0.1) is 11.6 Å². The summed E-state index contributed by atoms with van der Waals surface area (Å²) in [6, 6.07) is 0. The highest BCUT2D eigenvalue weighted by atomic mass is 35.5. The van der Waals surface area contributed by atoms with Gasteiger partial charge < -0.3 is 9.64 Å². The van der Waals surface area contributed by atoms with Gasteiger partial charge in [0.25, 0.3) is 0 Å². The zero-order valence-electron chi connectivity index (χ0n) is 9.74. The lowest BCUT2D eigenvalue weighted by atomic mass is 9.97. The number of halogens is 1. The van der Waals surface area contributed by atoms with Crippen LogP contribution >= 0.6 is 11.6 Å². The highest BCUT2D eigenvalue weighted by Crippen LogP contribution is 2.19. The molecule has 1 rings (SSSR count). The van der Waals surface area contributed by atoms with Gasteiger partial charge in [-0.2, -0.15) is 0 Å². The first-order valence-corrected chi connectivity index (χ1v) is 6.09. The largest absolute Gasteiger partial charge is 0.466 e. The SMILES string of the molecule is CCOC(=O)C1CCN(C(=O)[C@@H](C)Cl)CC1. The zero-order chi connectivity index (χ0) is 12.1. The van der Waals surface area contributed by atoms with Crippen molar-refractivity contribution in [2.45, 2.75) is 32.1 Å². The van der Waals surface area contributed by atoms with Gasteiger partial charge in [0.05, 0.1) is 12.5 Å². The molecule has 0 aromatic carbocycles. The maximum absolute atomic E-state index is 11.6. The molecule has 5 heteroatoms. The summed E-state index contributed by atoms with van der Waals surface area (Å²) in [5.41, 5.74) is 0. The van der Waals surface area contributed by atoms with Crippen molar-refractivity contribution in [2.75, 3.05) is 19.7 Å². The van der Waals surface area contributed by atoms with Crippen molar-refractivity contribution in [1.82, 2.24) is 4.90 Å². The highest BCUT2D eigenvalue weighted by Gasteiger charge is 2.29. The van der Waals surface area contributed by atoms with Crippen LogP contribution in [0.5, 0.6) is 0 Å². The number of amides is 1. The van der Waals surface area contributed by atoms with Crippen LogP contribution in [0.1, 0.15) is 26.7 Å². The van der Waals surface area contributed by atoms with Gasteiger partial charge >= 0.3 is 5.97 Å². The van der Waals surface area contributed by atoms with E-state index in [0.717, 1.165) is 0 Å². The number of esters is 1. The van der Waals surface area contributed by atoms with Crippen LogP contribution in [0.25, 0.3) is 0 Å². The molecular weight excluding hydrogens is 230 g/mol. The van der Waals surface area contributed by atoms with E-state index in [1.807, 2.05) is 0 Å². The minimum absolute atomic E-state index is 0.0519. The molecule has 0 bridgehead atoms. The predicted octanol–water partition coefficient (Wildman–Crippen LogP) is 1.42. The Balaban J connectivity index is 2.39. The first-order chi connectivity index (χ1) is 7.56. The summed E-state index contributed by atoms with van der Waals surface area (Å²) >= 11 is 5.73. The first kappa shape index (κ1) is 13.3. The molecule has 0 aromatic rings. The van der Waals surface area contributed by atoms with Crippen molar-refractivity contribution in [2.24, 2.45) is 5.92 Å². The zero-order valence-corrected chi connectivity index (χ0v) is 10.5. The Morgan fingerprint density at radius 2 is 2.00 bits per heavy atom. The number of ether oxygens (including phenoxy) is 1. The lowest BCUT2D eigenvalue weighted by Crippen LogP contribution is -2.43. The van der Waals surface area contributed by atoms with Gasteiger partial charge in [-0.3, -0.25) is 9.59 Å². The van der Waals surface area contributed by atoms with Crippen molar-refractivity contribution in [1.29, 1.82) is 0 Å². The average Bonchev–Trinajstić information content (AvgIpc) is 2.28. The Kier molecular flexibility index (Phi) is 5.06. The van der Waals surface area contributed by atoms with E-state index in [1.165, 1.54) is 0 Å². The molecule has 0 unspecified atom stereocenters. The van der Waals surface area contributed by atoms with Crippen LogP contribution in [-0.4, -0.2) is 41.8 Å². The van der Waals surface area contributed by atoms with Gasteiger partial charge in [0.15, 0.2) is 0 Å². The number of rotatable bonds is 3. The molecule has 16 heavy (non-hydrogen) atoms. The van der Waals surface area contributed by atoms with Gasteiger partial charge in [-0.25, -0.2) is 0 Å². The monoisotopic (exact) mass is 247 g/mol. The molecule has 0 aliphatic carbocycles. The molecule has 4 nitrogen and oxygen atoms in total. The molecule has 1 fully saturated rings. The molecule has 0 aromatic heterocycles. The van der Waals surface area contributed by atoms with Crippen molar-refractivity contribution in [3.05, 3.63) is 0 Å². The van der Waals surface area contributed by atoms with E-state index >= 15 is 0 Å². The summed E-state index contributed by atoms with van der Waals surface area (Å²) < 4.78 is 4.96. The Morgan fingerprint density at radius 3 is 2.44 bits per heavy atom. The van der Waals surface area contributed by atoms with Gasteiger partial charge in [0.1, 0.15) is 5.38 Å². The molecule has 1 amide bonds. The lowest BCUT2D eigenvalue weighted by molar-refractivity contribution is -0.151. The molecular formula is C11H18ClNO3. The van der Waals surface area contributed by atoms with E-state index in [1.54, 1.807) is 18.7 Å². The topological polar surface area (TPSA) is 46.6 Å². The Bertz CT molecular complexity index is 260. The summed E-state index contributed by atoms with van der Waals surface area (Å²) in [6.45, 7) is 5.07. The molecule has 1 atom stereocenters. The number of hydrogen-bond acceptors (Lipinski definition) is 3. The highest BCUT2D eigenvalue weighted by molar-refractivity contribution is 6.30. The lowest BCUT2D eigenvalue weighted by Gasteiger charge is -2.31. The van der Waals surface area contributed by atoms with E-state index in [9.17, 15) is 9.59 Å².